The molecule has 2 aromatic carbocycles. The Bertz CT molecular complexity index is 2970. The molecule has 4 amide bonds. The van der Waals surface area contributed by atoms with Gasteiger partial charge in [-0.05, 0) is 55.2 Å². The van der Waals surface area contributed by atoms with Crippen LogP contribution in [0.5, 0.6) is 0 Å². The normalized spacial score (nSPS) is 19.8. The molecule has 2 saturated heterocycles. The highest BCUT2D eigenvalue weighted by molar-refractivity contribution is 6.06. The molecule has 0 saturated carbocycles. The van der Waals surface area contributed by atoms with Crippen LogP contribution in [0.1, 0.15) is 56.1 Å². The summed E-state index contributed by atoms with van der Waals surface area (Å²) < 4.78 is 89.1. The summed E-state index contributed by atoms with van der Waals surface area (Å²) in [5.74, 6) is -2.46. The summed E-state index contributed by atoms with van der Waals surface area (Å²) in [5, 5.41) is 20.6. The third-order valence-electron chi connectivity index (χ3n) is 12.5. The van der Waals surface area contributed by atoms with E-state index in [2.05, 4.69) is 41.0 Å². The number of anilines is 4. The lowest BCUT2D eigenvalue weighted by Crippen LogP contribution is -2.56. The average Bonchev–Trinajstić information content (AvgIpc) is 4.13. The molecule has 10 rings (SSSR count). The number of amides is 4. The molecule has 4 aliphatic rings. The quantitative estimate of drug-likeness (QED) is 0.120. The fourth-order valence-electron chi connectivity index (χ4n) is 9.36. The molecule has 0 spiro atoms. The predicted molar refractivity (Wildman–Crippen MR) is 227 cm³/mol. The van der Waals surface area contributed by atoms with E-state index in [-0.39, 0.29) is 51.0 Å². The molecular weight excluding hydrogens is 891 g/mol. The second-order valence-corrected chi connectivity index (χ2v) is 17.1. The topological polar surface area (TPSA) is 198 Å². The maximum absolute atomic E-state index is 14.3. The largest absolute Gasteiger partial charge is 0.416 e. The molecule has 1 unspecified atom stereocenters. The van der Waals surface area contributed by atoms with Crippen LogP contribution in [0.15, 0.2) is 60.9 Å². The number of morpholine rings is 1. The number of hydrogen-bond donors (Lipinski definition) is 4. The van der Waals surface area contributed by atoms with Crippen LogP contribution in [0, 0.1) is 6.92 Å². The van der Waals surface area contributed by atoms with Gasteiger partial charge in [-0.15, -0.1) is 0 Å². The number of ether oxygens (including phenoxy) is 1. The Hall–Kier alpha value is -7.30. The van der Waals surface area contributed by atoms with Gasteiger partial charge in [0.2, 0.25) is 11.8 Å². The van der Waals surface area contributed by atoms with Gasteiger partial charge >= 0.3 is 12.4 Å². The summed E-state index contributed by atoms with van der Waals surface area (Å²) in [5.41, 5.74) is 6.68. The van der Waals surface area contributed by atoms with Gasteiger partial charge in [0.15, 0.2) is 6.10 Å². The van der Waals surface area contributed by atoms with E-state index in [1.165, 1.54) is 16.0 Å². The van der Waals surface area contributed by atoms with E-state index in [0.29, 0.717) is 67.2 Å². The number of halogens is 6. The number of carbonyl (C=O) groups is 4. The average molecular weight is 931 g/mol. The highest BCUT2D eigenvalue weighted by Crippen LogP contribution is 2.37. The first-order valence-corrected chi connectivity index (χ1v) is 21.3. The molecule has 3 atom stereocenters. The molecule has 2 fully saturated rings. The maximum atomic E-state index is 14.3. The van der Waals surface area contributed by atoms with Crippen molar-refractivity contribution in [2.45, 2.75) is 69.9 Å². The number of carbonyl (C=O) groups excluding carboxylic acids is 4. The van der Waals surface area contributed by atoms with Crippen LogP contribution in [-0.2, 0) is 33.8 Å². The second-order valence-electron chi connectivity index (χ2n) is 17.1. The van der Waals surface area contributed by atoms with Gasteiger partial charge < -0.3 is 35.0 Å². The van der Waals surface area contributed by atoms with Gasteiger partial charge in [0.1, 0.15) is 41.2 Å². The van der Waals surface area contributed by atoms with E-state index in [9.17, 15) is 45.5 Å². The fourth-order valence-corrected chi connectivity index (χ4v) is 9.36. The standard InChI is InChI=1S/C44H40F6N12O5/c1-22-39-30(56-55-22)11-25(14-51-39)53-28-7-2-5-23-16-60(41(65)37(23)28)20-35(63)59-18-27(67-34(19-59)44(48,49)50)13-32-40-31(57-58-32)12-26(15-52-40)54-29-8-3-6-24-17-61(42(66)38(24)29)21-36(64)62-10-4-9-33(62)43(45,46)47/h2-3,5-8,11-12,14-15,27,33-34,53-54H,4,9-10,13,16-21H2,1H3,(H,55,56)(H,57,58)/t27?,33-,34-/m0/s1. The molecule has 4 aromatic heterocycles. The Kier molecular flexibility index (Phi) is 10.8. The van der Waals surface area contributed by atoms with Gasteiger partial charge in [0.25, 0.3) is 11.8 Å². The summed E-state index contributed by atoms with van der Waals surface area (Å²) in [6, 6.07) is 11.7. The zero-order valence-electron chi connectivity index (χ0n) is 35.5. The number of benzene rings is 2. The number of nitrogens with one attached hydrogen (secondary N) is 4. The second kappa shape index (κ2) is 16.5. The summed E-state index contributed by atoms with van der Waals surface area (Å²) in [4.78, 5) is 67.4. The van der Waals surface area contributed by atoms with E-state index in [4.69, 9.17) is 4.74 Å². The minimum absolute atomic E-state index is 0.0222. The highest BCUT2D eigenvalue weighted by atomic mass is 19.4. The summed E-state index contributed by atoms with van der Waals surface area (Å²) >= 11 is 0. The van der Waals surface area contributed by atoms with Crippen molar-refractivity contribution in [3.8, 4) is 0 Å². The fraction of sp³-hybridized carbons (Fsp3) is 0.364. The number of aromatic amines is 2. The van der Waals surface area contributed by atoms with Crippen LogP contribution < -0.4 is 10.6 Å². The van der Waals surface area contributed by atoms with Gasteiger partial charge in [0.05, 0.1) is 70.3 Å². The molecule has 0 radical (unpaired) electrons. The molecule has 6 aromatic rings. The number of aryl methyl sites for hydroxylation is 1. The Morgan fingerprint density at radius 2 is 1.36 bits per heavy atom. The zero-order valence-corrected chi connectivity index (χ0v) is 35.5. The van der Waals surface area contributed by atoms with Crippen molar-refractivity contribution >= 4 is 68.4 Å². The van der Waals surface area contributed by atoms with Gasteiger partial charge in [-0.2, -0.15) is 36.5 Å². The number of aromatic nitrogens is 6. The van der Waals surface area contributed by atoms with E-state index in [1.807, 2.05) is 6.92 Å². The lowest BCUT2D eigenvalue weighted by atomic mass is 10.1. The molecule has 4 aliphatic heterocycles. The summed E-state index contributed by atoms with van der Waals surface area (Å²) in [6.45, 7) is -0.0736. The molecule has 23 heteroatoms. The SMILES string of the molecule is Cc1[nH]nc2cc(Nc3cccc4c3C(=O)N(CC(=O)N3CC(Cc5[nH]nc6cc(Nc7cccc8c7C(=O)N(CC(=O)N7CCC[C@H]7C(F)(F)F)C8)cnc56)O[C@H](C(F)(F)F)C3)C4)cnc12. The van der Waals surface area contributed by atoms with Crippen molar-refractivity contribution in [1.29, 1.82) is 0 Å². The number of fused-ring (bicyclic) bond motifs is 4. The van der Waals surface area contributed by atoms with Crippen LogP contribution in [0.25, 0.3) is 22.1 Å². The molecule has 8 heterocycles. The van der Waals surface area contributed by atoms with E-state index >= 15 is 0 Å². The van der Waals surface area contributed by atoms with Crippen molar-refractivity contribution in [1.82, 2.24) is 50.0 Å². The third kappa shape index (κ3) is 8.31. The lowest BCUT2D eigenvalue weighted by molar-refractivity contribution is -0.252. The van der Waals surface area contributed by atoms with Crippen LogP contribution >= 0.6 is 0 Å². The summed E-state index contributed by atoms with van der Waals surface area (Å²) in [6.07, 6.45) is -9.89. The predicted octanol–water partition coefficient (Wildman–Crippen LogP) is 5.89. The first kappa shape index (κ1) is 43.6. The molecule has 0 aliphatic carbocycles. The maximum Gasteiger partial charge on any atom is 0.416 e. The van der Waals surface area contributed by atoms with Crippen LogP contribution in [0.3, 0.4) is 0 Å². The minimum atomic E-state index is -4.81. The van der Waals surface area contributed by atoms with E-state index in [1.54, 1.807) is 54.7 Å². The van der Waals surface area contributed by atoms with Gasteiger partial charge in [-0.25, -0.2) is 0 Å². The first-order valence-electron chi connectivity index (χ1n) is 21.3. The number of alkyl halides is 6. The van der Waals surface area contributed by atoms with Gasteiger partial charge in [-0.3, -0.25) is 39.3 Å². The Balaban J connectivity index is 0.798. The van der Waals surface area contributed by atoms with Crippen molar-refractivity contribution in [3.63, 3.8) is 0 Å². The van der Waals surface area contributed by atoms with Crippen molar-refractivity contribution < 1.29 is 50.3 Å². The van der Waals surface area contributed by atoms with Crippen LogP contribution in [0.2, 0.25) is 0 Å². The van der Waals surface area contributed by atoms with Crippen molar-refractivity contribution in [2.75, 3.05) is 43.4 Å². The number of pyridine rings is 2. The number of rotatable bonds is 10. The van der Waals surface area contributed by atoms with Crippen LogP contribution in [-0.4, -0.2) is 137 Å². The highest BCUT2D eigenvalue weighted by Gasteiger charge is 2.49. The Labute approximate surface area is 375 Å². The van der Waals surface area contributed by atoms with E-state index in [0.717, 1.165) is 15.5 Å². The van der Waals surface area contributed by atoms with Gasteiger partial charge in [-0.1, -0.05) is 24.3 Å². The lowest BCUT2D eigenvalue weighted by Gasteiger charge is -2.39. The molecule has 67 heavy (non-hydrogen) atoms. The smallest absolute Gasteiger partial charge is 0.361 e. The molecular formula is C44H40F6N12O5. The minimum Gasteiger partial charge on any atom is -0.361 e. The third-order valence-corrected chi connectivity index (χ3v) is 12.5. The van der Waals surface area contributed by atoms with Crippen LogP contribution in [0.4, 0.5) is 49.1 Å². The molecule has 348 valence electrons. The number of likely N-dealkylation sites (tertiary alicyclic amines) is 1. The van der Waals surface area contributed by atoms with Gasteiger partial charge in [0, 0.05) is 32.6 Å². The first-order chi connectivity index (χ1) is 32.0. The van der Waals surface area contributed by atoms with Crippen molar-refractivity contribution in [2.24, 2.45) is 0 Å². The molecule has 4 N–H and O–H groups in total. The number of hydrogen-bond acceptors (Lipinski definition) is 11. The van der Waals surface area contributed by atoms with E-state index < -0.39 is 73.9 Å². The number of H-pyrrole nitrogens is 2. The Morgan fingerprint density at radius 1 is 0.776 bits per heavy atom. The number of nitrogens with zero attached hydrogens (tertiary/aromatic N) is 8. The Morgan fingerprint density at radius 3 is 1.97 bits per heavy atom. The van der Waals surface area contributed by atoms with Crippen molar-refractivity contribution in [3.05, 3.63) is 94.6 Å². The monoisotopic (exact) mass is 930 g/mol. The zero-order chi connectivity index (χ0) is 46.9. The molecule has 17 nitrogen and oxygen atoms in total. The summed E-state index contributed by atoms with van der Waals surface area (Å²) in [7, 11) is 0. The molecule has 0 bridgehead atoms.